The lowest BCUT2D eigenvalue weighted by Crippen LogP contribution is -2.41. The summed E-state index contributed by atoms with van der Waals surface area (Å²) in [5.74, 6) is -0.622. The van der Waals surface area contributed by atoms with E-state index in [-0.39, 0.29) is 12.3 Å². The number of thiophene rings is 1. The Bertz CT molecular complexity index is 841. The van der Waals surface area contributed by atoms with Crippen molar-refractivity contribution in [3.63, 3.8) is 0 Å². The number of imide groups is 1. The Morgan fingerprint density at radius 3 is 2.44 bits per heavy atom. The molecular formula is C19H20N2O3S. The molecule has 0 saturated carbocycles. The first-order chi connectivity index (χ1) is 11.8. The zero-order valence-electron chi connectivity index (χ0n) is 14.5. The van der Waals surface area contributed by atoms with E-state index in [1.54, 1.807) is 13.0 Å². The highest BCUT2D eigenvalue weighted by Gasteiger charge is 2.49. The van der Waals surface area contributed by atoms with Gasteiger partial charge >= 0.3 is 6.03 Å². The van der Waals surface area contributed by atoms with E-state index in [1.807, 2.05) is 44.2 Å². The van der Waals surface area contributed by atoms with Crippen LogP contribution in [-0.4, -0.2) is 29.2 Å². The number of amides is 3. The first-order valence-electron chi connectivity index (χ1n) is 8.18. The number of ketones is 1. The number of nitrogens with zero attached hydrogens (tertiary/aromatic N) is 1. The normalized spacial score (nSPS) is 20.0. The zero-order valence-corrected chi connectivity index (χ0v) is 15.3. The van der Waals surface area contributed by atoms with Gasteiger partial charge in [0, 0.05) is 4.88 Å². The number of nitrogens with one attached hydrogen (secondary N) is 1. The lowest BCUT2D eigenvalue weighted by Gasteiger charge is -2.22. The van der Waals surface area contributed by atoms with Gasteiger partial charge < -0.3 is 5.32 Å². The summed E-state index contributed by atoms with van der Waals surface area (Å²) in [6.07, 6.45) is 0.854. The molecule has 0 unspecified atom stereocenters. The van der Waals surface area contributed by atoms with E-state index in [2.05, 4.69) is 5.32 Å². The number of benzene rings is 1. The van der Waals surface area contributed by atoms with Crippen LogP contribution in [0.5, 0.6) is 0 Å². The van der Waals surface area contributed by atoms with Crippen molar-refractivity contribution >= 4 is 29.1 Å². The van der Waals surface area contributed by atoms with Gasteiger partial charge in [-0.05, 0) is 38.0 Å². The average molecular weight is 356 g/mol. The molecule has 25 heavy (non-hydrogen) atoms. The molecule has 0 aliphatic carbocycles. The van der Waals surface area contributed by atoms with Gasteiger partial charge in [0.05, 0.1) is 11.4 Å². The van der Waals surface area contributed by atoms with Crippen molar-refractivity contribution in [2.75, 3.05) is 6.54 Å². The molecule has 1 aromatic carbocycles. The highest BCUT2D eigenvalue weighted by Crippen LogP contribution is 2.29. The highest BCUT2D eigenvalue weighted by atomic mass is 32.1. The largest absolute Gasteiger partial charge is 0.325 e. The van der Waals surface area contributed by atoms with E-state index in [1.165, 1.54) is 11.3 Å². The van der Waals surface area contributed by atoms with Crippen LogP contribution >= 0.6 is 11.3 Å². The Morgan fingerprint density at radius 2 is 1.84 bits per heavy atom. The van der Waals surface area contributed by atoms with E-state index in [0.717, 1.165) is 21.8 Å². The van der Waals surface area contributed by atoms with E-state index >= 15 is 0 Å². The highest BCUT2D eigenvalue weighted by molar-refractivity contribution is 7.14. The fraction of sp³-hybridized carbons (Fsp3) is 0.316. The molecule has 5 nitrogen and oxygen atoms in total. The smallest absolute Gasteiger partial charge is 0.319 e. The van der Waals surface area contributed by atoms with Gasteiger partial charge in [0.25, 0.3) is 5.91 Å². The Kier molecular flexibility index (Phi) is 4.47. The van der Waals surface area contributed by atoms with Crippen LogP contribution in [0.4, 0.5) is 4.79 Å². The molecule has 3 rings (SSSR count). The maximum absolute atomic E-state index is 12.8. The molecule has 0 spiro atoms. The van der Waals surface area contributed by atoms with E-state index in [9.17, 15) is 14.4 Å². The van der Waals surface area contributed by atoms with E-state index < -0.39 is 17.5 Å². The SMILES string of the molecule is CCc1ccc(C(=O)CN2C(=O)N[C@@](C)(c3ccc(C)cc3)C2=O)s1. The summed E-state index contributed by atoms with van der Waals surface area (Å²) < 4.78 is 0. The molecule has 1 aromatic heterocycles. The number of rotatable bonds is 5. The van der Waals surface area contributed by atoms with E-state index in [4.69, 9.17) is 0 Å². The third kappa shape index (κ3) is 3.09. The number of hydrogen-bond acceptors (Lipinski definition) is 4. The van der Waals surface area contributed by atoms with Gasteiger partial charge in [-0.25, -0.2) is 4.79 Å². The molecule has 2 heterocycles. The van der Waals surface area contributed by atoms with Crippen molar-refractivity contribution in [2.24, 2.45) is 0 Å². The van der Waals surface area contributed by atoms with Crippen molar-refractivity contribution in [3.05, 3.63) is 57.3 Å². The van der Waals surface area contributed by atoms with Gasteiger partial charge in [0.2, 0.25) is 0 Å². The number of aryl methyl sites for hydroxylation is 2. The van der Waals surface area contributed by atoms with Gasteiger partial charge in [-0.1, -0.05) is 36.8 Å². The minimum Gasteiger partial charge on any atom is -0.319 e. The molecule has 1 atom stereocenters. The summed E-state index contributed by atoms with van der Waals surface area (Å²) in [5.41, 5.74) is 0.631. The minimum atomic E-state index is -1.14. The van der Waals surface area contributed by atoms with Crippen molar-refractivity contribution in [2.45, 2.75) is 32.7 Å². The predicted molar refractivity (Wildman–Crippen MR) is 96.8 cm³/mol. The van der Waals surface area contributed by atoms with Gasteiger partial charge in [-0.3, -0.25) is 14.5 Å². The lowest BCUT2D eigenvalue weighted by molar-refractivity contribution is -0.130. The number of carbonyl (C=O) groups is 3. The summed E-state index contributed by atoms with van der Waals surface area (Å²) in [6, 6.07) is 10.6. The lowest BCUT2D eigenvalue weighted by atomic mass is 9.91. The van der Waals surface area contributed by atoms with Crippen molar-refractivity contribution < 1.29 is 14.4 Å². The van der Waals surface area contributed by atoms with Gasteiger partial charge in [0.1, 0.15) is 5.54 Å². The second-order valence-electron chi connectivity index (χ2n) is 6.36. The molecule has 6 heteroatoms. The monoisotopic (exact) mass is 356 g/mol. The molecule has 1 aliphatic heterocycles. The van der Waals surface area contributed by atoms with Crippen LogP contribution in [0.25, 0.3) is 0 Å². The van der Waals surface area contributed by atoms with Crippen molar-refractivity contribution in [1.82, 2.24) is 10.2 Å². The number of carbonyl (C=O) groups excluding carboxylic acids is 3. The number of Topliss-reactive ketones (excluding diaryl/α,β-unsaturated/α-hetero) is 1. The molecule has 1 N–H and O–H groups in total. The Hall–Kier alpha value is -2.47. The van der Waals surface area contributed by atoms with Crippen LogP contribution < -0.4 is 5.32 Å². The minimum absolute atomic E-state index is 0.221. The molecule has 2 aromatic rings. The molecule has 130 valence electrons. The molecule has 1 fully saturated rings. The van der Waals surface area contributed by atoms with Crippen LogP contribution in [-0.2, 0) is 16.8 Å². The van der Waals surface area contributed by atoms with Gasteiger partial charge in [0.15, 0.2) is 5.78 Å². The summed E-state index contributed by atoms with van der Waals surface area (Å²) >= 11 is 1.41. The first kappa shape index (κ1) is 17.4. The van der Waals surface area contributed by atoms with Crippen LogP contribution in [0.2, 0.25) is 0 Å². The van der Waals surface area contributed by atoms with Gasteiger partial charge in [-0.15, -0.1) is 11.3 Å². The predicted octanol–water partition coefficient (Wildman–Crippen LogP) is 3.27. The maximum Gasteiger partial charge on any atom is 0.325 e. The average Bonchev–Trinajstić information content (AvgIpc) is 3.15. The Morgan fingerprint density at radius 1 is 1.16 bits per heavy atom. The van der Waals surface area contributed by atoms with Crippen molar-refractivity contribution in [1.29, 1.82) is 0 Å². The zero-order chi connectivity index (χ0) is 18.2. The summed E-state index contributed by atoms with van der Waals surface area (Å²) in [4.78, 5) is 40.3. The summed E-state index contributed by atoms with van der Waals surface area (Å²) in [5, 5.41) is 2.73. The maximum atomic E-state index is 12.8. The van der Waals surface area contributed by atoms with Gasteiger partial charge in [-0.2, -0.15) is 0 Å². The fourth-order valence-corrected chi connectivity index (χ4v) is 3.74. The second kappa shape index (κ2) is 6.44. The number of urea groups is 1. The van der Waals surface area contributed by atoms with Crippen molar-refractivity contribution in [3.8, 4) is 0 Å². The first-order valence-corrected chi connectivity index (χ1v) is 9.00. The molecule has 0 bridgehead atoms. The third-order valence-corrected chi connectivity index (χ3v) is 5.76. The van der Waals surface area contributed by atoms with Crippen LogP contribution in [0.1, 0.15) is 39.5 Å². The molecular weight excluding hydrogens is 336 g/mol. The summed E-state index contributed by atoms with van der Waals surface area (Å²) in [7, 11) is 0. The fourth-order valence-electron chi connectivity index (χ4n) is 2.86. The third-order valence-electron chi connectivity index (χ3n) is 4.49. The topological polar surface area (TPSA) is 66.5 Å². The Labute approximate surface area is 150 Å². The standard InChI is InChI=1S/C19H20N2O3S/c1-4-14-9-10-16(25-14)15(22)11-21-17(23)19(3,20-18(21)24)13-7-5-12(2)6-8-13/h5-10H,4,11H2,1-3H3,(H,20,24)/t19-/m0/s1. The number of hydrogen-bond donors (Lipinski definition) is 1. The second-order valence-corrected chi connectivity index (χ2v) is 7.52. The quantitative estimate of drug-likeness (QED) is 0.660. The van der Waals surface area contributed by atoms with Crippen LogP contribution in [0.15, 0.2) is 36.4 Å². The van der Waals surface area contributed by atoms with Crippen LogP contribution in [0, 0.1) is 6.92 Å². The van der Waals surface area contributed by atoms with Crippen LogP contribution in [0.3, 0.4) is 0 Å². The molecule has 1 aliphatic rings. The van der Waals surface area contributed by atoms with E-state index in [0.29, 0.717) is 10.4 Å². The Balaban J connectivity index is 1.81. The molecule has 1 saturated heterocycles. The molecule has 3 amide bonds. The summed E-state index contributed by atoms with van der Waals surface area (Å²) in [6.45, 7) is 5.40. The molecule has 0 radical (unpaired) electrons.